The second kappa shape index (κ2) is 6.25. The van der Waals surface area contributed by atoms with E-state index in [0.717, 1.165) is 12.1 Å². The number of nitrogens with zero attached hydrogens (tertiary/aromatic N) is 1. The molecule has 0 amide bonds. The summed E-state index contributed by atoms with van der Waals surface area (Å²) in [4.78, 5) is 9.87. The third-order valence-corrected chi connectivity index (χ3v) is 2.85. The third kappa shape index (κ3) is 3.71. The summed E-state index contributed by atoms with van der Waals surface area (Å²) in [6.45, 7) is 0.134. The molecular weight excluding hydrogens is 285 g/mol. The number of non-ortho nitro benzene ring substituents is 1. The first-order chi connectivity index (χ1) is 9.97. The molecular formula is C14H11F3N2O2. The molecule has 0 saturated heterocycles. The van der Waals surface area contributed by atoms with Gasteiger partial charge in [-0.2, -0.15) is 0 Å². The maximum atomic E-state index is 13.0. The molecule has 0 heterocycles. The first kappa shape index (κ1) is 14.8. The molecule has 0 aliphatic carbocycles. The molecule has 21 heavy (non-hydrogen) atoms. The van der Waals surface area contributed by atoms with Gasteiger partial charge in [0.05, 0.1) is 4.92 Å². The topological polar surface area (TPSA) is 55.2 Å². The summed E-state index contributed by atoms with van der Waals surface area (Å²) in [6.07, 6.45) is -2.85. The van der Waals surface area contributed by atoms with Gasteiger partial charge in [0, 0.05) is 29.9 Å². The highest BCUT2D eigenvalue weighted by molar-refractivity contribution is 5.56. The van der Waals surface area contributed by atoms with Crippen LogP contribution in [0.1, 0.15) is 17.6 Å². The van der Waals surface area contributed by atoms with Gasteiger partial charge >= 0.3 is 0 Å². The van der Waals surface area contributed by atoms with E-state index in [0.29, 0.717) is 5.56 Å². The van der Waals surface area contributed by atoms with Crippen LogP contribution in [0.2, 0.25) is 0 Å². The van der Waals surface area contributed by atoms with Crippen LogP contribution in [-0.2, 0) is 6.54 Å². The van der Waals surface area contributed by atoms with Crippen LogP contribution in [-0.4, -0.2) is 4.92 Å². The highest BCUT2D eigenvalue weighted by Crippen LogP contribution is 2.30. The van der Waals surface area contributed by atoms with Crippen LogP contribution in [0.5, 0.6) is 0 Å². The van der Waals surface area contributed by atoms with Gasteiger partial charge in [-0.3, -0.25) is 10.1 Å². The molecule has 1 N–H and O–H groups in total. The lowest BCUT2D eigenvalue weighted by atomic mass is 10.1. The standard InChI is InChI=1S/C14H11F3N2O2/c15-10-3-1-2-9(6-10)8-18-13-5-4-11(19(20)21)7-12(13)14(16)17/h1-7,14,18H,8H2. The number of nitro groups is 1. The molecule has 4 nitrogen and oxygen atoms in total. The van der Waals surface area contributed by atoms with E-state index in [9.17, 15) is 23.3 Å². The summed E-state index contributed by atoms with van der Waals surface area (Å²) >= 11 is 0. The second-order valence-electron chi connectivity index (χ2n) is 4.31. The molecule has 0 aliphatic heterocycles. The molecule has 0 fully saturated rings. The van der Waals surface area contributed by atoms with E-state index in [2.05, 4.69) is 5.32 Å². The van der Waals surface area contributed by atoms with Crippen molar-refractivity contribution in [2.45, 2.75) is 13.0 Å². The Bertz CT molecular complexity index is 662. The highest BCUT2D eigenvalue weighted by Gasteiger charge is 2.17. The zero-order valence-corrected chi connectivity index (χ0v) is 10.7. The normalized spacial score (nSPS) is 10.7. The number of hydrogen-bond donors (Lipinski definition) is 1. The van der Waals surface area contributed by atoms with Crippen molar-refractivity contribution in [1.82, 2.24) is 0 Å². The smallest absolute Gasteiger partial charge is 0.270 e. The molecule has 110 valence electrons. The Morgan fingerprint density at radius 1 is 1.19 bits per heavy atom. The van der Waals surface area contributed by atoms with E-state index < -0.39 is 28.4 Å². The maximum Gasteiger partial charge on any atom is 0.270 e. The Kier molecular flexibility index (Phi) is 4.42. The molecule has 0 bridgehead atoms. The van der Waals surface area contributed by atoms with E-state index in [1.807, 2.05) is 0 Å². The molecule has 0 spiro atoms. The molecule has 2 aromatic carbocycles. The summed E-state index contributed by atoms with van der Waals surface area (Å²) in [5.74, 6) is -0.424. The molecule has 0 radical (unpaired) electrons. The quantitative estimate of drug-likeness (QED) is 0.661. The van der Waals surface area contributed by atoms with Crippen molar-refractivity contribution < 1.29 is 18.1 Å². The van der Waals surface area contributed by atoms with E-state index in [1.54, 1.807) is 6.07 Å². The van der Waals surface area contributed by atoms with Crippen LogP contribution in [0, 0.1) is 15.9 Å². The van der Waals surface area contributed by atoms with E-state index in [1.165, 1.54) is 24.3 Å². The van der Waals surface area contributed by atoms with Gasteiger partial charge in [0.25, 0.3) is 12.1 Å². The Morgan fingerprint density at radius 3 is 2.57 bits per heavy atom. The van der Waals surface area contributed by atoms with Crippen molar-refractivity contribution >= 4 is 11.4 Å². The Hall–Kier alpha value is -2.57. The number of hydrogen-bond acceptors (Lipinski definition) is 3. The molecule has 0 unspecified atom stereocenters. The lowest BCUT2D eigenvalue weighted by Crippen LogP contribution is -2.04. The number of halogens is 3. The number of alkyl halides is 2. The Balaban J connectivity index is 2.21. The monoisotopic (exact) mass is 296 g/mol. The predicted molar refractivity (Wildman–Crippen MR) is 71.8 cm³/mol. The van der Waals surface area contributed by atoms with Gasteiger partial charge in [0.15, 0.2) is 0 Å². The molecule has 0 atom stereocenters. The Labute approximate surface area is 118 Å². The second-order valence-corrected chi connectivity index (χ2v) is 4.31. The number of benzene rings is 2. The van der Waals surface area contributed by atoms with Crippen molar-refractivity contribution in [1.29, 1.82) is 0 Å². The lowest BCUT2D eigenvalue weighted by Gasteiger charge is -2.11. The highest BCUT2D eigenvalue weighted by atomic mass is 19.3. The van der Waals surface area contributed by atoms with Gasteiger partial charge < -0.3 is 5.32 Å². The van der Waals surface area contributed by atoms with Crippen LogP contribution < -0.4 is 5.32 Å². The minimum Gasteiger partial charge on any atom is -0.381 e. The van der Waals surface area contributed by atoms with Crippen LogP contribution in [0.3, 0.4) is 0 Å². The van der Waals surface area contributed by atoms with Crippen molar-refractivity contribution in [3.8, 4) is 0 Å². The van der Waals surface area contributed by atoms with Gasteiger partial charge in [-0.25, -0.2) is 13.2 Å². The summed E-state index contributed by atoms with van der Waals surface area (Å²) in [5.41, 5.74) is -0.198. The van der Waals surface area contributed by atoms with Crippen molar-refractivity contribution in [2.24, 2.45) is 0 Å². The van der Waals surface area contributed by atoms with Gasteiger partial charge in [0.1, 0.15) is 5.82 Å². The fourth-order valence-electron chi connectivity index (χ4n) is 1.85. The summed E-state index contributed by atoms with van der Waals surface area (Å²) < 4.78 is 38.9. The van der Waals surface area contributed by atoms with Crippen LogP contribution >= 0.6 is 0 Å². The SMILES string of the molecule is O=[N+]([O-])c1ccc(NCc2cccc(F)c2)c(C(F)F)c1. The minimum atomic E-state index is -2.85. The minimum absolute atomic E-state index is 0.0832. The number of nitrogens with one attached hydrogen (secondary N) is 1. The van der Waals surface area contributed by atoms with Gasteiger partial charge in [-0.05, 0) is 23.8 Å². The molecule has 0 saturated carbocycles. The zero-order valence-electron chi connectivity index (χ0n) is 10.7. The zero-order chi connectivity index (χ0) is 15.4. The van der Waals surface area contributed by atoms with Crippen LogP contribution in [0.25, 0.3) is 0 Å². The first-order valence-electron chi connectivity index (χ1n) is 6.02. The van der Waals surface area contributed by atoms with Gasteiger partial charge in [-0.1, -0.05) is 12.1 Å². The van der Waals surface area contributed by atoms with Crippen molar-refractivity contribution in [2.75, 3.05) is 5.32 Å². The lowest BCUT2D eigenvalue weighted by molar-refractivity contribution is -0.385. The van der Waals surface area contributed by atoms with Crippen molar-refractivity contribution in [3.05, 3.63) is 69.5 Å². The summed E-state index contributed by atoms with van der Waals surface area (Å²) in [5, 5.41) is 13.3. The summed E-state index contributed by atoms with van der Waals surface area (Å²) in [6, 6.07) is 8.90. The molecule has 2 aromatic rings. The summed E-state index contributed by atoms with van der Waals surface area (Å²) in [7, 11) is 0. The Morgan fingerprint density at radius 2 is 1.95 bits per heavy atom. The van der Waals surface area contributed by atoms with Crippen LogP contribution in [0.4, 0.5) is 24.5 Å². The maximum absolute atomic E-state index is 13.0. The predicted octanol–water partition coefficient (Wildman–Crippen LogP) is 4.28. The van der Waals surface area contributed by atoms with Crippen LogP contribution in [0.15, 0.2) is 42.5 Å². The van der Waals surface area contributed by atoms with Gasteiger partial charge in [0.2, 0.25) is 0 Å². The largest absolute Gasteiger partial charge is 0.381 e. The number of anilines is 1. The average Bonchev–Trinajstić information content (AvgIpc) is 2.44. The number of nitro benzene ring substituents is 1. The van der Waals surface area contributed by atoms with E-state index in [4.69, 9.17) is 0 Å². The van der Waals surface area contributed by atoms with E-state index >= 15 is 0 Å². The van der Waals surface area contributed by atoms with Gasteiger partial charge in [-0.15, -0.1) is 0 Å². The van der Waals surface area contributed by atoms with E-state index in [-0.39, 0.29) is 12.2 Å². The first-order valence-corrected chi connectivity index (χ1v) is 6.02. The van der Waals surface area contributed by atoms with Crippen molar-refractivity contribution in [3.63, 3.8) is 0 Å². The molecule has 0 aliphatic rings. The fourth-order valence-corrected chi connectivity index (χ4v) is 1.85. The molecule has 7 heteroatoms. The third-order valence-electron chi connectivity index (χ3n) is 2.85. The average molecular weight is 296 g/mol. The molecule has 2 rings (SSSR count). The fraction of sp³-hybridized carbons (Fsp3) is 0.143. The molecule has 0 aromatic heterocycles. The number of rotatable bonds is 5.